The number of benzene rings is 2. The molecule has 6 nitrogen and oxygen atoms in total. The second kappa shape index (κ2) is 9.45. The van der Waals surface area contributed by atoms with E-state index < -0.39 is 0 Å². The Morgan fingerprint density at radius 3 is 2.26 bits per heavy atom. The summed E-state index contributed by atoms with van der Waals surface area (Å²) in [5.74, 6) is -0.427. The molecule has 0 bridgehead atoms. The SMILES string of the molecule is Cc1ccc(C2=C(N(C)Cc3ccccc3)C(=O)N(CCN3CCOCC3)C2=O)cc1. The number of carbonyl (C=O) groups excluding carboxylic acids is 2. The first-order valence-corrected chi connectivity index (χ1v) is 10.8. The van der Waals surface area contributed by atoms with Gasteiger partial charge >= 0.3 is 0 Å². The van der Waals surface area contributed by atoms with Gasteiger partial charge in [0.05, 0.1) is 18.8 Å². The third-order valence-corrected chi connectivity index (χ3v) is 5.87. The third kappa shape index (κ3) is 4.70. The molecule has 2 aromatic rings. The van der Waals surface area contributed by atoms with Crippen molar-refractivity contribution in [2.45, 2.75) is 13.5 Å². The van der Waals surface area contributed by atoms with Gasteiger partial charge in [-0.15, -0.1) is 0 Å². The topological polar surface area (TPSA) is 53.1 Å². The van der Waals surface area contributed by atoms with E-state index in [0.717, 1.165) is 29.8 Å². The number of nitrogens with zero attached hydrogens (tertiary/aromatic N) is 3. The van der Waals surface area contributed by atoms with Crippen molar-refractivity contribution in [3.8, 4) is 0 Å². The van der Waals surface area contributed by atoms with Gasteiger partial charge in [0, 0.05) is 39.8 Å². The number of morpholine rings is 1. The van der Waals surface area contributed by atoms with Gasteiger partial charge in [-0.25, -0.2) is 0 Å². The number of carbonyl (C=O) groups is 2. The molecule has 1 saturated heterocycles. The van der Waals surface area contributed by atoms with Crippen LogP contribution in [0, 0.1) is 6.92 Å². The van der Waals surface area contributed by atoms with Gasteiger partial charge in [0.15, 0.2) is 0 Å². The van der Waals surface area contributed by atoms with Crippen molar-refractivity contribution in [2.24, 2.45) is 0 Å². The first-order valence-electron chi connectivity index (χ1n) is 10.8. The number of aryl methyl sites for hydroxylation is 1. The number of amides is 2. The predicted octanol–water partition coefficient (Wildman–Crippen LogP) is 2.54. The fourth-order valence-corrected chi connectivity index (χ4v) is 4.10. The molecule has 0 unspecified atom stereocenters. The summed E-state index contributed by atoms with van der Waals surface area (Å²) in [6.07, 6.45) is 0. The molecule has 0 atom stereocenters. The van der Waals surface area contributed by atoms with Crippen LogP contribution in [0.3, 0.4) is 0 Å². The number of likely N-dealkylation sites (N-methyl/N-ethyl adjacent to an activating group) is 1. The highest BCUT2D eigenvalue weighted by molar-refractivity contribution is 6.35. The van der Waals surface area contributed by atoms with Crippen molar-refractivity contribution in [1.82, 2.24) is 14.7 Å². The summed E-state index contributed by atoms with van der Waals surface area (Å²) in [7, 11) is 1.88. The lowest BCUT2D eigenvalue weighted by Crippen LogP contribution is -2.43. The monoisotopic (exact) mass is 419 g/mol. The second-order valence-corrected chi connectivity index (χ2v) is 8.15. The Bertz CT molecular complexity index is 963. The minimum atomic E-state index is -0.215. The maximum absolute atomic E-state index is 13.4. The average molecular weight is 420 g/mol. The summed E-state index contributed by atoms with van der Waals surface area (Å²) in [6, 6.07) is 17.8. The Morgan fingerprint density at radius 1 is 0.903 bits per heavy atom. The standard InChI is InChI=1S/C25H29N3O3/c1-19-8-10-21(11-9-19)22-23(26(2)18-20-6-4-3-5-7-20)25(30)28(24(22)29)13-12-27-14-16-31-17-15-27/h3-11H,12-18H2,1-2H3. The Balaban J connectivity index is 1.61. The van der Waals surface area contributed by atoms with E-state index in [9.17, 15) is 9.59 Å². The van der Waals surface area contributed by atoms with Gasteiger partial charge in [0.25, 0.3) is 11.8 Å². The predicted molar refractivity (Wildman–Crippen MR) is 120 cm³/mol. The van der Waals surface area contributed by atoms with Crippen molar-refractivity contribution in [3.63, 3.8) is 0 Å². The summed E-state index contributed by atoms with van der Waals surface area (Å²) >= 11 is 0. The van der Waals surface area contributed by atoms with Crippen LogP contribution in [0.15, 0.2) is 60.3 Å². The Morgan fingerprint density at radius 2 is 1.58 bits per heavy atom. The molecule has 0 aliphatic carbocycles. The number of rotatable bonds is 7. The Labute approximate surface area is 183 Å². The van der Waals surface area contributed by atoms with Gasteiger partial charge in [-0.1, -0.05) is 60.2 Å². The van der Waals surface area contributed by atoms with E-state index in [1.165, 1.54) is 4.90 Å². The first-order chi connectivity index (χ1) is 15.0. The lowest BCUT2D eigenvalue weighted by Gasteiger charge is -2.28. The fourth-order valence-electron chi connectivity index (χ4n) is 4.10. The van der Waals surface area contributed by atoms with E-state index in [4.69, 9.17) is 4.74 Å². The first kappa shape index (κ1) is 21.3. The summed E-state index contributed by atoms with van der Waals surface area (Å²) in [4.78, 5) is 32.4. The molecule has 0 spiro atoms. The van der Waals surface area contributed by atoms with Gasteiger partial charge in [0.1, 0.15) is 5.70 Å². The molecule has 2 amide bonds. The molecule has 2 aliphatic rings. The third-order valence-electron chi connectivity index (χ3n) is 5.87. The normalized spacial score (nSPS) is 17.5. The highest BCUT2D eigenvalue weighted by atomic mass is 16.5. The van der Waals surface area contributed by atoms with Gasteiger partial charge in [-0.05, 0) is 18.1 Å². The van der Waals surface area contributed by atoms with Crippen LogP contribution in [0.5, 0.6) is 0 Å². The fraction of sp³-hybridized carbons (Fsp3) is 0.360. The van der Waals surface area contributed by atoms with Crippen LogP contribution in [0.2, 0.25) is 0 Å². The van der Waals surface area contributed by atoms with Crippen LogP contribution < -0.4 is 0 Å². The quantitative estimate of drug-likeness (QED) is 0.646. The molecule has 31 heavy (non-hydrogen) atoms. The van der Waals surface area contributed by atoms with Crippen molar-refractivity contribution >= 4 is 17.4 Å². The lowest BCUT2D eigenvalue weighted by molar-refractivity contribution is -0.137. The minimum absolute atomic E-state index is 0.211. The molecule has 0 saturated carbocycles. The number of hydrogen-bond acceptors (Lipinski definition) is 5. The largest absolute Gasteiger partial charge is 0.379 e. The van der Waals surface area contributed by atoms with E-state index in [-0.39, 0.29) is 11.8 Å². The minimum Gasteiger partial charge on any atom is -0.379 e. The summed E-state index contributed by atoms with van der Waals surface area (Å²) in [6.45, 7) is 6.66. The lowest BCUT2D eigenvalue weighted by atomic mass is 10.0. The van der Waals surface area contributed by atoms with Crippen LogP contribution in [0.25, 0.3) is 5.57 Å². The van der Waals surface area contributed by atoms with Crippen molar-refractivity contribution in [1.29, 1.82) is 0 Å². The molecular weight excluding hydrogens is 390 g/mol. The van der Waals surface area contributed by atoms with Crippen LogP contribution in [0.4, 0.5) is 0 Å². The molecule has 4 rings (SSSR count). The zero-order valence-electron chi connectivity index (χ0n) is 18.2. The van der Waals surface area contributed by atoms with E-state index in [1.807, 2.05) is 73.5 Å². The molecule has 6 heteroatoms. The zero-order valence-corrected chi connectivity index (χ0v) is 18.2. The van der Waals surface area contributed by atoms with E-state index in [2.05, 4.69) is 4.90 Å². The highest BCUT2D eigenvalue weighted by Crippen LogP contribution is 2.32. The molecule has 1 fully saturated rings. The maximum Gasteiger partial charge on any atom is 0.277 e. The Hall–Kier alpha value is -2.96. The van der Waals surface area contributed by atoms with Crippen LogP contribution in [0.1, 0.15) is 16.7 Å². The smallest absolute Gasteiger partial charge is 0.277 e. The zero-order chi connectivity index (χ0) is 21.8. The summed E-state index contributed by atoms with van der Waals surface area (Å²) in [5, 5.41) is 0. The van der Waals surface area contributed by atoms with Gasteiger partial charge < -0.3 is 9.64 Å². The molecule has 2 heterocycles. The average Bonchev–Trinajstić information content (AvgIpc) is 3.04. The van der Waals surface area contributed by atoms with Crippen LogP contribution in [-0.4, -0.2) is 73.0 Å². The highest BCUT2D eigenvalue weighted by Gasteiger charge is 2.40. The molecular formula is C25H29N3O3. The number of hydrogen-bond donors (Lipinski definition) is 0. The van der Waals surface area contributed by atoms with Gasteiger partial charge in [0.2, 0.25) is 0 Å². The van der Waals surface area contributed by atoms with Crippen LogP contribution >= 0.6 is 0 Å². The summed E-state index contributed by atoms with van der Waals surface area (Å²) in [5.41, 5.74) is 3.95. The Kier molecular flexibility index (Phi) is 6.49. The van der Waals surface area contributed by atoms with Crippen LogP contribution in [-0.2, 0) is 20.9 Å². The molecule has 2 aromatic carbocycles. The van der Waals surface area contributed by atoms with Crippen molar-refractivity contribution in [2.75, 3.05) is 46.4 Å². The van der Waals surface area contributed by atoms with E-state index in [0.29, 0.717) is 44.1 Å². The number of imide groups is 1. The van der Waals surface area contributed by atoms with E-state index in [1.54, 1.807) is 0 Å². The summed E-state index contributed by atoms with van der Waals surface area (Å²) < 4.78 is 5.40. The molecule has 0 aromatic heterocycles. The van der Waals surface area contributed by atoms with Gasteiger partial charge in [-0.3, -0.25) is 19.4 Å². The number of ether oxygens (including phenoxy) is 1. The molecule has 162 valence electrons. The van der Waals surface area contributed by atoms with Crippen molar-refractivity contribution < 1.29 is 14.3 Å². The molecule has 2 aliphatic heterocycles. The molecule has 0 N–H and O–H groups in total. The van der Waals surface area contributed by atoms with Crippen molar-refractivity contribution in [3.05, 3.63) is 77.0 Å². The van der Waals surface area contributed by atoms with Gasteiger partial charge in [-0.2, -0.15) is 0 Å². The van der Waals surface area contributed by atoms with E-state index >= 15 is 0 Å². The molecule has 0 radical (unpaired) electrons. The second-order valence-electron chi connectivity index (χ2n) is 8.15. The maximum atomic E-state index is 13.4.